The lowest BCUT2D eigenvalue weighted by molar-refractivity contribution is 0.284. The van der Waals surface area contributed by atoms with Crippen molar-refractivity contribution in [1.29, 1.82) is 0 Å². The molecular formula is C20H23N3O2S. The van der Waals surface area contributed by atoms with Crippen molar-refractivity contribution in [2.75, 3.05) is 7.11 Å². The third-order valence-electron chi connectivity index (χ3n) is 4.08. The summed E-state index contributed by atoms with van der Waals surface area (Å²) in [6.07, 6.45) is 5.45. The summed E-state index contributed by atoms with van der Waals surface area (Å²) in [5, 5.41) is 4.61. The summed E-state index contributed by atoms with van der Waals surface area (Å²) in [4.78, 5) is 9.54. The first-order chi connectivity index (χ1) is 12.7. The van der Waals surface area contributed by atoms with Gasteiger partial charge in [0.25, 0.3) is 0 Å². The average Bonchev–Trinajstić information content (AvgIpc) is 3.10. The minimum atomic E-state index is 0.195. The Bertz CT molecular complexity index is 836. The highest BCUT2D eigenvalue weighted by Gasteiger charge is 2.11. The van der Waals surface area contributed by atoms with E-state index in [1.807, 2.05) is 37.4 Å². The molecule has 0 spiro atoms. The number of rotatable bonds is 8. The molecule has 3 rings (SSSR count). The largest absolute Gasteiger partial charge is 0.493 e. The topological polar surface area (TPSA) is 56.3 Å². The van der Waals surface area contributed by atoms with E-state index in [1.54, 1.807) is 30.8 Å². The number of aryl methyl sites for hydroxylation is 1. The molecule has 0 radical (unpaired) electrons. The van der Waals surface area contributed by atoms with Gasteiger partial charge in [-0.2, -0.15) is 0 Å². The molecule has 3 aromatic rings. The molecule has 1 N–H and O–H groups in total. The zero-order valence-electron chi connectivity index (χ0n) is 15.2. The van der Waals surface area contributed by atoms with Gasteiger partial charge in [0.2, 0.25) is 0 Å². The number of benzene rings is 1. The van der Waals surface area contributed by atoms with Crippen molar-refractivity contribution in [3.8, 4) is 11.5 Å². The van der Waals surface area contributed by atoms with Crippen LogP contribution >= 0.6 is 11.3 Å². The van der Waals surface area contributed by atoms with Gasteiger partial charge in [-0.25, -0.2) is 4.98 Å². The molecule has 6 heteroatoms. The Labute approximate surface area is 158 Å². The Balaban J connectivity index is 1.63. The van der Waals surface area contributed by atoms with Gasteiger partial charge >= 0.3 is 0 Å². The monoisotopic (exact) mass is 369 g/mol. The molecule has 1 unspecified atom stereocenters. The molecule has 1 aromatic carbocycles. The number of methoxy groups -OCH3 is 1. The Morgan fingerprint density at radius 3 is 2.65 bits per heavy atom. The van der Waals surface area contributed by atoms with E-state index in [-0.39, 0.29) is 6.04 Å². The molecule has 136 valence electrons. The Kier molecular flexibility index (Phi) is 6.20. The fourth-order valence-corrected chi connectivity index (χ4v) is 3.32. The van der Waals surface area contributed by atoms with E-state index in [0.717, 1.165) is 34.2 Å². The molecule has 0 fully saturated rings. The fourth-order valence-electron chi connectivity index (χ4n) is 2.57. The summed E-state index contributed by atoms with van der Waals surface area (Å²) in [5.74, 6) is 1.47. The summed E-state index contributed by atoms with van der Waals surface area (Å²) >= 11 is 1.72. The molecule has 0 amide bonds. The molecule has 2 heterocycles. The second-order valence-corrected chi connectivity index (χ2v) is 7.32. The van der Waals surface area contributed by atoms with Crippen molar-refractivity contribution in [3.05, 3.63) is 69.9 Å². The van der Waals surface area contributed by atoms with Gasteiger partial charge in [0.15, 0.2) is 11.5 Å². The van der Waals surface area contributed by atoms with Crippen molar-refractivity contribution in [2.24, 2.45) is 0 Å². The number of thiazole rings is 1. The lowest BCUT2D eigenvalue weighted by Crippen LogP contribution is -2.17. The van der Waals surface area contributed by atoms with Crippen molar-refractivity contribution in [1.82, 2.24) is 15.3 Å². The lowest BCUT2D eigenvalue weighted by atomic mass is 10.1. The van der Waals surface area contributed by atoms with Crippen LogP contribution in [0.3, 0.4) is 0 Å². The highest BCUT2D eigenvalue weighted by molar-refractivity contribution is 7.11. The first-order valence-electron chi connectivity index (χ1n) is 8.50. The maximum Gasteiger partial charge on any atom is 0.161 e. The van der Waals surface area contributed by atoms with Crippen LogP contribution in [0.4, 0.5) is 0 Å². The maximum absolute atomic E-state index is 5.90. The second kappa shape index (κ2) is 8.78. The highest BCUT2D eigenvalue weighted by atomic mass is 32.1. The van der Waals surface area contributed by atoms with Crippen molar-refractivity contribution in [2.45, 2.75) is 33.0 Å². The predicted molar refractivity (Wildman–Crippen MR) is 104 cm³/mol. The number of hydrogen-bond acceptors (Lipinski definition) is 6. The Morgan fingerprint density at radius 2 is 1.96 bits per heavy atom. The smallest absolute Gasteiger partial charge is 0.161 e. The van der Waals surface area contributed by atoms with E-state index < -0.39 is 0 Å². The van der Waals surface area contributed by atoms with Gasteiger partial charge in [-0.3, -0.25) is 4.98 Å². The van der Waals surface area contributed by atoms with Crippen LogP contribution < -0.4 is 14.8 Å². The van der Waals surface area contributed by atoms with E-state index in [1.165, 1.54) is 4.88 Å². The summed E-state index contributed by atoms with van der Waals surface area (Å²) in [6, 6.07) is 10.1. The molecule has 0 saturated carbocycles. The van der Waals surface area contributed by atoms with Crippen LogP contribution in [0.2, 0.25) is 0 Å². The number of hydrogen-bond donors (Lipinski definition) is 1. The minimum Gasteiger partial charge on any atom is -0.493 e. The van der Waals surface area contributed by atoms with E-state index in [4.69, 9.17) is 9.47 Å². The van der Waals surface area contributed by atoms with E-state index >= 15 is 0 Å². The molecule has 1 atom stereocenters. The first-order valence-corrected chi connectivity index (χ1v) is 9.31. The number of nitrogens with zero attached hydrogens (tertiary/aromatic N) is 2. The zero-order chi connectivity index (χ0) is 18.4. The zero-order valence-corrected chi connectivity index (χ0v) is 16.0. The molecule has 5 nitrogen and oxygen atoms in total. The number of pyridine rings is 1. The molecule has 0 bridgehead atoms. The number of aromatic nitrogens is 2. The van der Waals surface area contributed by atoms with Gasteiger partial charge < -0.3 is 14.8 Å². The number of ether oxygens (including phenoxy) is 2. The van der Waals surface area contributed by atoms with E-state index in [2.05, 4.69) is 28.3 Å². The normalized spacial score (nSPS) is 12.0. The van der Waals surface area contributed by atoms with Gasteiger partial charge in [0.1, 0.15) is 6.61 Å². The van der Waals surface area contributed by atoms with Crippen LogP contribution in [0.15, 0.2) is 48.9 Å². The quantitative estimate of drug-likeness (QED) is 0.642. The van der Waals surface area contributed by atoms with Crippen molar-refractivity contribution in [3.63, 3.8) is 0 Å². The van der Waals surface area contributed by atoms with E-state index in [0.29, 0.717) is 6.61 Å². The Morgan fingerprint density at radius 1 is 1.15 bits per heavy atom. The van der Waals surface area contributed by atoms with Crippen LogP contribution in [0.25, 0.3) is 0 Å². The third kappa shape index (κ3) is 4.80. The summed E-state index contributed by atoms with van der Waals surface area (Å²) in [6.45, 7) is 5.44. The standard InChI is InChI=1S/C20H23N3O2S/c1-14(22-11-18-12-23-15(2)26-18)17-4-5-19(20(10-17)24-3)25-13-16-6-8-21-9-7-16/h4-10,12,14,22H,11,13H2,1-3H3. The summed E-state index contributed by atoms with van der Waals surface area (Å²) in [5.41, 5.74) is 2.22. The van der Waals surface area contributed by atoms with E-state index in [9.17, 15) is 0 Å². The van der Waals surface area contributed by atoms with Crippen LogP contribution in [-0.2, 0) is 13.2 Å². The average molecular weight is 369 g/mol. The van der Waals surface area contributed by atoms with Crippen LogP contribution in [0.1, 0.15) is 34.0 Å². The first kappa shape index (κ1) is 18.4. The van der Waals surface area contributed by atoms with Gasteiger partial charge in [-0.15, -0.1) is 11.3 Å². The molecule has 2 aromatic heterocycles. The SMILES string of the molecule is COc1cc(C(C)NCc2cnc(C)s2)ccc1OCc1ccncc1. The van der Waals surface area contributed by atoms with Gasteiger partial charge in [-0.1, -0.05) is 6.07 Å². The van der Waals surface area contributed by atoms with Gasteiger partial charge in [-0.05, 0) is 49.2 Å². The molecular weight excluding hydrogens is 346 g/mol. The molecule has 26 heavy (non-hydrogen) atoms. The summed E-state index contributed by atoms with van der Waals surface area (Å²) < 4.78 is 11.4. The molecule has 0 aliphatic heterocycles. The van der Waals surface area contributed by atoms with Gasteiger partial charge in [0.05, 0.1) is 12.1 Å². The van der Waals surface area contributed by atoms with Gasteiger partial charge in [0, 0.05) is 36.1 Å². The van der Waals surface area contributed by atoms with Crippen molar-refractivity contribution >= 4 is 11.3 Å². The number of nitrogens with one attached hydrogen (secondary N) is 1. The van der Waals surface area contributed by atoms with Crippen LogP contribution in [-0.4, -0.2) is 17.1 Å². The fraction of sp³-hybridized carbons (Fsp3) is 0.300. The Hall–Kier alpha value is -2.44. The third-order valence-corrected chi connectivity index (χ3v) is 5.00. The molecule has 0 aliphatic carbocycles. The maximum atomic E-state index is 5.90. The molecule has 0 aliphatic rings. The predicted octanol–water partition coefficient (Wildman–Crippen LogP) is 4.28. The highest BCUT2D eigenvalue weighted by Crippen LogP contribution is 2.31. The van der Waals surface area contributed by atoms with Crippen LogP contribution in [0.5, 0.6) is 11.5 Å². The summed E-state index contributed by atoms with van der Waals surface area (Å²) in [7, 11) is 1.66. The second-order valence-electron chi connectivity index (χ2n) is 6.00. The van der Waals surface area contributed by atoms with Crippen molar-refractivity contribution < 1.29 is 9.47 Å². The molecule has 0 saturated heterocycles. The minimum absolute atomic E-state index is 0.195. The lowest BCUT2D eigenvalue weighted by Gasteiger charge is -2.17. The van der Waals surface area contributed by atoms with Crippen LogP contribution in [0, 0.1) is 6.92 Å².